The second kappa shape index (κ2) is 6.19. The summed E-state index contributed by atoms with van der Waals surface area (Å²) in [5.74, 6) is 1.68. The third-order valence-corrected chi connectivity index (χ3v) is 4.15. The topological polar surface area (TPSA) is 42.2 Å². The van der Waals surface area contributed by atoms with Gasteiger partial charge in [0.15, 0.2) is 0 Å². The Bertz CT molecular complexity index is 376. The van der Waals surface area contributed by atoms with Gasteiger partial charge in [-0.2, -0.15) is 0 Å². The van der Waals surface area contributed by atoms with Crippen LogP contribution in [0.3, 0.4) is 0 Å². The van der Waals surface area contributed by atoms with Crippen LogP contribution in [0.1, 0.15) is 38.7 Å². The van der Waals surface area contributed by atoms with Crippen LogP contribution in [-0.4, -0.2) is 18.1 Å². The Morgan fingerprint density at radius 3 is 2.94 bits per heavy atom. The highest BCUT2D eigenvalue weighted by Gasteiger charge is 2.20. The molecule has 1 aliphatic rings. The SMILES string of the molecule is CC(C)C1CCCN(c2ccncc2CN)CC1. The van der Waals surface area contributed by atoms with E-state index in [4.69, 9.17) is 5.73 Å². The van der Waals surface area contributed by atoms with E-state index in [1.54, 1.807) is 0 Å². The van der Waals surface area contributed by atoms with Gasteiger partial charge in [-0.1, -0.05) is 13.8 Å². The summed E-state index contributed by atoms with van der Waals surface area (Å²) in [7, 11) is 0. The van der Waals surface area contributed by atoms with Crippen LogP contribution in [-0.2, 0) is 6.54 Å². The van der Waals surface area contributed by atoms with Gasteiger partial charge in [-0.3, -0.25) is 4.98 Å². The Balaban J connectivity index is 2.10. The van der Waals surface area contributed by atoms with E-state index in [1.165, 1.54) is 30.5 Å². The van der Waals surface area contributed by atoms with Crippen molar-refractivity contribution in [3.63, 3.8) is 0 Å². The molecule has 0 amide bonds. The number of nitrogens with two attached hydrogens (primary N) is 1. The van der Waals surface area contributed by atoms with E-state index < -0.39 is 0 Å². The highest BCUT2D eigenvalue weighted by Crippen LogP contribution is 2.28. The van der Waals surface area contributed by atoms with Gasteiger partial charge in [-0.05, 0) is 37.2 Å². The molecule has 1 unspecified atom stereocenters. The molecule has 0 saturated carbocycles. The standard InChI is InChI=1S/C15H25N3/c1-12(2)13-4-3-8-18(9-6-13)15-5-7-17-11-14(15)10-16/h5,7,11-13H,3-4,6,8-10,16H2,1-2H3. The van der Waals surface area contributed by atoms with Gasteiger partial charge in [-0.25, -0.2) is 0 Å². The molecule has 1 atom stereocenters. The molecule has 1 fully saturated rings. The Kier molecular flexibility index (Phi) is 4.59. The number of anilines is 1. The maximum Gasteiger partial charge on any atom is 0.0442 e. The Labute approximate surface area is 110 Å². The maximum absolute atomic E-state index is 5.81. The lowest BCUT2D eigenvalue weighted by Crippen LogP contribution is -2.26. The average molecular weight is 247 g/mol. The molecule has 18 heavy (non-hydrogen) atoms. The van der Waals surface area contributed by atoms with E-state index in [-0.39, 0.29) is 0 Å². The average Bonchev–Trinajstić information content (AvgIpc) is 2.64. The van der Waals surface area contributed by atoms with Gasteiger partial charge >= 0.3 is 0 Å². The van der Waals surface area contributed by atoms with Crippen molar-refractivity contribution in [2.75, 3.05) is 18.0 Å². The van der Waals surface area contributed by atoms with Crippen LogP contribution in [0.15, 0.2) is 18.5 Å². The van der Waals surface area contributed by atoms with Crippen molar-refractivity contribution in [2.45, 2.75) is 39.7 Å². The molecule has 2 N–H and O–H groups in total. The predicted octanol–water partition coefficient (Wildman–Crippen LogP) is 2.80. The predicted molar refractivity (Wildman–Crippen MR) is 76.5 cm³/mol. The van der Waals surface area contributed by atoms with Crippen molar-refractivity contribution >= 4 is 5.69 Å². The summed E-state index contributed by atoms with van der Waals surface area (Å²) in [6, 6.07) is 2.11. The molecule has 1 aliphatic heterocycles. The van der Waals surface area contributed by atoms with E-state index in [9.17, 15) is 0 Å². The van der Waals surface area contributed by atoms with Crippen LogP contribution in [0.2, 0.25) is 0 Å². The lowest BCUT2D eigenvalue weighted by Gasteiger charge is -2.25. The smallest absolute Gasteiger partial charge is 0.0442 e. The number of hydrogen-bond acceptors (Lipinski definition) is 3. The molecule has 2 rings (SSSR count). The van der Waals surface area contributed by atoms with Gasteiger partial charge in [-0.15, -0.1) is 0 Å². The first-order valence-corrected chi connectivity index (χ1v) is 7.10. The summed E-state index contributed by atoms with van der Waals surface area (Å²) in [6.45, 7) is 7.57. The van der Waals surface area contributed by atoms with Crippen molar-refractivity contribution in [1.29, 1.82) is 0 Å². The third-order valence-electron chi connectivity index (χ3n) is 4.15. The fourth-order valence-corrected chi connectivity index (χ4v) is 2.92. The van der Waals surface area contributed by atoms with E-state index >= 15 is 0 Å². The van der Waals surface area contributed by atoms with Crippen molar-refractivity contribution in [3.05, 3.63) is 24.0 Å². The zero-order valence-electron chi connectivity index (χ0n) is 11.6. The summed E-state index contributed by atoms with van der Waals surface area (Å²) < 4.78 is 0. The summed E-state index contributed by atoms with van der Waals surface area (Å²) in [5, 5.41) is 0. The minimum absolute atomic E-state index is 0.577. The second-order valence-corrected chi connectivity index (χ2v) is 5.63. The van der Waals surface area contributed by atoms with Crippen LogP contribution in [0.5, 0.6) is 0 Å². The number of hydrogen-bond donors (Lipinski definition) is 1. The molecule has 0 spiro atoms. The van der Waals surface area contributed by atoms with Gasteiger partial charge in [0.1, 0.15) is 0 Å². The van der Waals surface area contributed by atoms with Crippen LogP contribution in [0.4, 0.5) is 5.69 Å². The summed E-state index contributed by atoms with van der Waals surface area (Å²) >= 11 is 0. The van der Waals surface area contributed by atoms with Crippen molar-refractivity contribution < 1.29 is 0 Å². The van der Waals surface area contributed by atoms with Crippen molar-refractivity contribution in [3.8, 4) is 0 Å². The van der Waals surface area contributed by atoms with Crippen molar-refractivity contribution in [1.82, 2.24) is 4.98 Å². The minimum atomic E-state index is 0.577. The van der Waals surface area contributed by atoms with Crippen LogP contribution < -0.4 is 10.6 Å². The number of aromatic nitrogens is 1. The lowest BCUT2D eigenvalue weighted by atomic mass is 9.89. The molecule has 0 radical (unpaired) electrons. The van der Waals surface area contributed by atoms with Gasteiger partial charge in [0, 0.05) is 43.3 Å². The molecule has 3 heteroatoms. The molecule has 1 aromatic rings. The van der Waals surface area contributed by atoms with Gasteiger partial charge in [0.05, 0.1) is 0 Å². The first kappa shape index (κ1) is 13.3. The third kappa shape index (κ3) is 3.02. The molecule has 0 bridgehead atoms. The highest BCUT2D eigenvalue weighted by atomic mass is 15.1. The molecular formula is C15H25N3. The Hall–Kier alpha value is -1.09. The molecule has 1 saturated heterocycles. The number of nitrogens with zero attached hydrogens (tertiary/aromatic N) is 2. The molecule has 0 aromatic carbocycles. The fraction of sp³-hybridized carbons (Fsp3) is 0.667. The Morgan fingerprint density at radius 1 is 1.39 bits per heavy atom. The van der Waals surface area contributed by atoms with Gasteiger partial charge in [0.2, 0.25) is 0 Å². The fourth-order valence-electron chi connectivity index (χ4n) is 2.92. The zero-order chi connectivity index (χ0) is 13.0. The minimum Gasteiger partial charge on any atom is -0.371 e. The molecule has 2 heterocycles. The molecule has 3 nitrogen and oxygen atoms in total. The van der Waals surface area contributed by atoms with Crippen LogP contribution in [0.25, 0.3) is 0 Å². The largest absolute Gasteiger partial charge is 0.371 e. The van der Waals surface area contributed by atoms with E-state index in [2.05, 4.69) is 29.8 Å². The molecular weight excluding hydrogens is 222 g/mol. The normalized spacial score (nSPS) is 21.1. The monoisotopic (exact) mass is 247 g/mol. The summed E-state index contributed by atoms with van der Waals surface area (Å²) in [4.78, 5) is 6.66. The van der Waals surface area contributed by atoms with E-state index in [0.717, 1.165) is 24.9 Å². The Morgan fingerprint density at radius 2 is 2.22 bits per heavy atom. The second-order valence-electron chi connectivity index (χ2n) is 5.63. The lowest BCUT2D eigenvalue weighted by molar-refractivity contribution is 0.351. The van der Waals surface area contributed by atoms with Crippen molar-refractivity contribution in [2.24, 2.45) is 17.6 Å². The summed E-state index contributed by atoms with van der Waals surface area (Å²) in [6.07, 6.45) is 7.72. The van der Waals surface area contributed by atoms with Crippen LogP contribution >= 0.6 is 0 Å². The molecule has 100 valence electrons. The first-order valence-electron chi connectivity index (χ1n) is 7.10. The quantitative estimate of drug-likeness (QED) is 0.893. The van der Waals surface area contributed by atoms with Crippen LogP contribution in [0, 0.1) is 11.8 Å². The number of rotatable bonds is 3. The van der Waals surface area contributed by atoms with Gasteiger partial charge < -0.3 is 10.6 Å². The van der Waals surface area contributed by atoms with E-state index in [1.807, 2.05) is 12.4 Å². The van der Waals surface area contributed by atoms with Gasteiger partial charge in [0.25, 0.3) is 0 Å². The molecule has 0 aliphatic carbocycles. The number of pyridine rings is 1. The summed E-state index contributed by atoms with van der Waals surface area (Å²) in [5.41, 5.74) is 8.26. The van der Waals surface area contributed by atoms with E-state index in [0.29, 0.717) is 6.54 Å². The maximum atomic E-state index is 5.81. The molecule has 1 aromatic heterocycles. The highest BCUT2D eigenvalue weighted by molar-refractivity contribution is 5.52. The first-order chi connectivity index (χ1) is 8.72. The zero-order valence-corrected chi connectivity index (χ0v) is 11.6.